The van der Waals surface area contributed by atoms with Gasteiger partial charge in [-0.3, -0.25) is 14.4 Å². The highest BCUT2D eigenvalue weighted by Gasteiger charge is 2.49. The van der Waals surface area contributed by atoms with Gasteiger partial charge in [-0.2, -0.15) is 0 Å². The van der Waals surface area contributed by atoms with Crippen molar-refractivity contribution < 1.29 is 62.8 Å². The average Bonchev–Trinajstić information content (AvgIpc) is 2.97. The molecule has 9 N–H and O–H groups in total. The Morgan fingerprint density at radius 2 is 0.506 bits per heavy atom. The molecule has 0 aromatic carbocycles. The van der Waals surface area contributed by atoms with Gasteiger partial charge in [0.1, 0.15) is 16.6 Å². The van der Waals surface area contributed by atoms with Crippen LogP contribution in [0.3, 0.4) is 0 Å². The van der Waals surface area contributed by atoms with E-state index in [1.54, 1.807) is 0 Å². The molecule has 17 heteroatoms. The van der Waals surface area contributed by atoms with Crippen LogP contribution in [0.5, 0.6) is 0 Å². The van der Waals surface area contributed by atoms with Crippen molar-refractivity contribution in [2.45, 2.75) is 346 Å². The van der Waals surface area contributed by atoms with Crippen molar-refractivity contribution in [3.05, 3.63) is 0 Å². The summed E-state index contributed by atoms with van der Waals surface area (Å²) >= 11 is 0. The summed E-state index contributed by atoms with van der Waals surface area (Å²) in [4.78, 5) is 41.0. The summed E-state index contributed by atoms with van der Waals surface area (Å²) in [7, 11) is 0.00418. The monoisotopic (exact) mass is 1260 g/mol. The van der Waals surface area contributed by atoms with Crippen LogP contribution in [0.25, 0.3) is 0 Å². The maximum Gasteiger partial charge on any atom is 0.501 e. The van der Waals surface area contributed by atoms with Gasteiger partial charge in [0.15, 0.2) is 0 Å². The Balaban J connectivity index is 6.78. The molecule has 518 valence electrons. The van der Waals surface area contributed by atoms with E-state index in [9.17, 15) is 45.0 Å². The van der Waals surface area contributed by atoms with E-state index in [1.807, 2.05) is 0 Å². The fraction of sp³-hybridized carbons (Fsp3) is 0.957. The summed E-state index contributed by atoms with van der Waals surface area (Å²) in [5.41, 5.74) is -5.06. The standard InChI is InChI=1S/C70H142N4O12Si/c1-7-11-15-19-23-27-30-33-37-41-45-50-65(81)71-68(56-75,57-76)62-84-87(55-49-54-74(5,6)53-48-44-40-36-26-22-18-14-10-4,85-63-69(58-77,59-78)72-66(82)51-46-42-38-34-31-28-24-20-16-12-8-2)86-64-70(60-79,61-80)73-67(83)52-47-43-39-35-32-29-25-21-17-13-9-3/h75-80H,7-64H2,1-6H3,(H2-,71,72,73,81,82,83)/p+1. The number of carbonyl (C=O) groups excluding carboxylic acids is 3. The highest BCUT2D eigenvalue weighted by atomic mass is 28.4. The number of nitrogens with zero attached hydrogens (tertiary/aromatic N) is 1. The topological polar surface area (TPSA) is 236 Å². The fourth-order valence-corrected chi connectivity index (χ4v) is 14.2. The van der Waals surface area contributed by atoms with Gasteiger partial charge < -0.3 is 64.4 Å². The van der Waals surface area contributed by atoms with Crippen molar-refractivity contribution in [3.63, 3.8) is 0 Å². The highest BCUT2D eigenvalue weighted by Crippen LogP contribution is 2.27. The van der Waals surface area contributed by atoms with Crippen LogP contribution in [0.2, 0.25) is 6.04 Å². The number of hydrogen-bond acceptors (Lipinski definition) is 12. The maximum atomic E-state index is 13.7. The lowest BCUT2D eigenvalue weighted by Gasteiger charge is -2.41. The molecule has 0 saturated heterocycles. The third-order valence-electron chi connectivity index (χ3n) is 17.9. The van der Waals surface area contributed by atoms with Gasteiger partial charge in [0.05, 0.1) is 86.6 Å². The Kier molecular flexibility index (Phi) is 55.8. The lowest BCUT2D eigenvalue weighted by molar-refractivity contribution is -0.890. The van der Waals surface area contributed by atoms with Crippen LogP contribution in [0.15, 0.2) is 0 Å². The lowest BCUT2D eigenvalue weighted by Crippen LogP contribution is -2.64. The third kappa shape index (κ3) is 46.0. The molecule has 0 aliphatic heterocycles. The van der Waals surface area contributed by atoms with Crippen molar-refractivity contribution in [1.29, 1.82) is 0 Å². The largest absolute Gasteiger partial charge is 0.501 e. The van der Waals surface area contributed by atoms with Gasteiger partial charge in [0.25, 0.3) is 0 Å². The summed E-state index contributed by atoms with van der Waals surface area (Å²) < 4.78 is 21.2. The van der Waals surface area contributed by atoms with Crippen LogP contribution in [-0.2, 0) is 27.7 Å². The highest BCUT2D eigenvalue weighted by molar-refractivity contribution is 6.60. The van der Waals surface area contributed by atoms with Crippen molar-refractivity contribution in [2.75, 3.05) is 86.6 Å². The Hall–Kier alpha value is -1.77. The molecule has 0 spiro atoms. The molecule has 0 unspecified atom stereocenters. The van der Waals surface area contributed by atoms with Crippen molar-refractivity contribution in [3.8, 4) is 0 Å². The van der Waals surface area contributed by atoms with Crippen LogP contribution in [0, 0.1) is 0 Å². The van der Waals surface area contributed by atoms with Crippen LogP contribution < -0.4 is 16.0 Å². The molecule has 0 heterocycles. The summed E-state index contributed by atoms with van der Waals surface area (Å²) in [5.74, 6) is -1.08. The summed E-state index contributed by atoms with van der Waals surface area (Å²) in [6.45, 7) is 4.90. The first-order chi connectivity index (χ1) is 42.1. The van der Waals surface area contributed by atoms with Gasteiger partial charge >= 0.3 is 8.80 Å². The fourth-order valence-electron chi connectivity index (χ4n) is 11.5. The zero-order chi connectivity index (χ0) is 64.5. The smallest absolute Gasteiger partial charge is 0.394 e. The second-order valence-electron chi connectivity index (χ2n) is 27.2. The minimum Gasteiger partial charge on any atom is -0.394 e. The zero-order valence-corrected chi connectivity index (χ0v) is 58.6. The molecule has 0 saturated carbocycles. The Labute approximate surface area is 535 Å². The molecule has 0 rings (SSSR count). The van der Waals surface area contributed by atoms with Crippen molar-refractivity contribution in [1.82, 2.24) is 16.0 Å². The molecule has 87 heavy (non-hydrogen) atoms. The Morgan fingerprint density at radius 1 is 0.310 bits per heavy atom. The Bertz CT molecular complexity index is 1420. The zero-order valence-electron chi connectivity index (χ0n) is 57.6. The molecule has 0 bridgehead atoms. The van der Waals surface area contributed by atoms with Crippen LogP contribution in [0.4, 0.5) is 0 Å². The molecule has 0 aliphatic rings. The molecule has 0 aromatic heterocycles. The normalized spacial score (nSPS) is 12.6. The van der Waals surface area contributed by atoms with Gasteiger partial charge in [-0.05, 0) is 32.1 Å². The lowest BCUT2D eigenvalue weighted by atomic mass is 10.0. The second-order valence-corrected chi connectivity index (χ2v) is 29.9. The number of carbonyl (C=O) groups is 3. The molecule has 0 fully saturated rings. The van der Waals surface area contributed by atoms with E-state index >= 15 is 0 Å². The Morgan fingerprint density at radius 3 is 0.724 bits per heavy atom. The molecule has 0 radical (unpaired) electrons. The number of aliphatic hydroxyl groups excluding tert-OH is 6. The summed E-state index contributed by atoms with van der Waals surface area (Å²) in [6, 6.07) is 0.116. The maximum absolute atomic E-state index is 13.7. The average molecular weight is 1260 g/mol. The number of rotatable bonds is 68. The minimum atomic E-state index is -4.34. The van der Waals surface area contributed by atoms with E-state index in [0.717, 1.165) is 77.2 Å². The number of aliphatic hydroxyl groups is 6. The predicted octanol–water partition coefficient (Wildman–Crippen LogP) is 13.6. The van der Waals surface area contributed by atoms with E-state index in [1.165, 1.54) is 180 Å². The van der Waals surface area contributed by atoms with Gasteiger partial charge in [0, 0.05) is 31.7 Å². The number of unbranched alkanes of at least 4 members (excludes halogenated alkanes) is 38. The summed E-state index contributed by atoms with van der Waals surface area (Å²) in [6.07, 6.45) is 49.1. The minimum absolute atomic E-state index is 0.116. The number of hydrogen-bond donors (Lipinski definition) is 9. The number of quaternary nitrogens is 1. The molecule has 0 aromatic rings. The van der Waals surface area contributed by atoms with Gasteiger partial charge in [0.2, 0.25) is 17.7 Å². The van der Waals surface area contributed by atoms with E-state index in [-0.39, 0.29) is 43.0 Å². The number of nitrogens with one attached hydrogen (secondary N) is 3. The van der Waals surface area contributed by atoms with Crippen LogP contribution in [-0.4, -0.2) is 165 Å². The van der Waals surface area contributed by atoms with Crippen LogP contribution >= 0.6 is 0 Å². The molecule has 16 nitrogen and oxygen atoms in total. The second kappa shape index (κ2) is 56.9. The third-order valence-corrected chi connectivity index (χ3v) is 20.6. The first-order valence-corrected chi connectivity index (χ1v) is 38.4. The molecule has 0 atom stereocenters. The molecule has 3 amide bonds. The van der Waals surface area contributed by atoms with Crippen molar-refractivity contribution in [2.24, 2.45) is 0 Å². The van der Waals surface area contributed by atoms with Gasteiger partial charge in [-0.1, -0.05) is 265 Å². The molecular weight excluding hydrogens is 1120 g/mol. The summed E-state index contributed by atoms with van der Waals surface area (Å²) in [5, 5.41) is 74.8. The first kappa shape index (κ1) is 85.2. The quantitative estimate of drug-likeness (QED) is 0.0157. The molecular formula is C70H143N4O12Si+. The van der Waals surface area contributed by atoms with E-state index in [0.29, 0.717) is 36.7 Å². The SMILES string of the molecule is CCCCCCCCCCCCCC(=O)NC(CO)(CO)CO[Si](CCC[N+](C)(C)CCCCCCCCCCC)(OCC(CO)(CO)NC(=O)CCCCCCCCCCCCC)OCC(CO)(CO)NC(=O)CCCCCCCCCCCCC. The van der Waals surface area contributed by atoms with E-state index < -0.39 is 84.9 Å². The van der Waals surface area contributed by atoms with E-state index in [4.69, 9.17) is 13.3 Å². The van der Waals surface area contributed by atoms with E-state index in [2.05, 4.69) is 57.7 Å². The molecule has 0 aliphatic carbocycles. The van der Waals surface area contributed by atoms with Crippen LogP contribution in [0.1, 0.15) is 323 Å². The van der Waals surface area contributed by atoms with Gasteiger partial charge in [-0.15, -0.1) is 0 Å². The van der Waals surface area contributed by atoms with Gasteiger partial charge in [-0.25, -0.2) is 0 Å². The first-order valence-electron chi connectivity index (χ1n) is 36.4. The predicted molar refractivity (Wildman–Crippen MR) is 360 cm³/mol. The van der Waals surface area contributed by atoms with Crippen molar-refractivity contribution >= 4 is 26.5 Å². The number of amides is 3.